The number of para-hydroxylation sites is 1. The normalized spacial score (nSPS) is 17.2. The number of carbonyl (C=O) groups excluding carboxylic acids is 1. The first-order chi connectivity index (χ1) is 10.2. The third-order valence-electron chi connectivity index (χ3n) is 4.51. The van der Waals surface area contributed by atoms with E-state index in [1.54, 1.807) is 4.68 Å². The molecule has 1 heterocycles. The highest BCUT2D eigenvalue weighted by molar-refractivity contribution is 6.04. The van der Waals surface area contributed by atoms with Crippen LogP contribution in [0.5, 0.6) is 0 Å². The van der Waals surface area contributed by atoms with E-state index < -0.39 is 0 Å². The molecular weight excluding hydrogens is 264 g/mol. The number of nitrogens with zero attached hydrogens (tertiary/aromatic N) is 2. The quantitative estimate of drug-likeness (QED) is 0.900. The molecule has 1 aliphatic carbocycles. The summed E-state index contributed by atoms with van der Waals surface area (Å²) >= 11 is 0. The average molecular weight is 286 g/mol. The van der Waals surface area contributed by atoms with Gasteiger partial charge in [0, 0.05) is 25.0 Å². The zero-order valence-corrected chi connectivity index (χ0v) is 12.4. The highest BCUT2D eigenvalue weighted by atomic mass is 16.2. The average Bonchev–Trinajstić information content (AvgIpc) is 3.13. The van der Waals surface area contributed by atoms with E-state index in [4.69, 9.17) is 5.73 Å². The lowest BCUT2D eigenvalue weighted by Crippen LogP contribution is -2.44. The van der Waals surface area contributed by atoms with Crippen molar-refractivity contribution < 1.29 is 4.79 Å². The number of benzene rings is 1. The van der Waals surface area contributed by atoms with Crippen molar-refractivity contribution in [3.63, 3.8) is 0 Å². The van der Waals surface area contributed by atoms with Gasteiger partial charge in [-0.3, -0.25) is 9.48 Å². The molecule has 1 aromatic carbocycles. The second kappa shape index (κ2) is 5.85. The Morgan fingerprint density at radius 2 is 2.14 bits per heavy atom. The van der Waals surface area contributed by atoms with Gasteiger partial charge in [-0.15, -0.1) is 0 Å². The fraction of sp³-hybridized carbons (Fsp3) is 0.500. The van der Waals surface area contributed by atoms with Crippen molar-refractivity contribution in [2.75, 3.05) is 6.54 Å². The largest absolute Gasteiger partial charge is 0.346 e. The number of amides is 1. The number of hydrogen-bond donors (Lipinski definition) is 2. The molecule has 1 fully saturated rings. The first-order valence-electron chi connectivity index (χ1n) is 7.63. The molecule has 1 saturated carbocycles. The van der Waals surface area contributed by atoms with Gasteiger partial charge in [0.1, 0.15) is 0 Å². The van der Waals surface area contributed by atoms with Crippen molar-refractivity contribution in [2.45, 2.75) is 31.7 Å². The predicted octanol–water partition coefficient (Wildman–Crippen LogP) is 1.82. The second-order valence-electron chi connectivity index (χ2n) is 5.85. The van der Waals surface area contributed by atoms with Crippen LogP contribution in [0.15, 0.2) is 24.3 Å². The van der Waals surface area contributed by atoms with E-state index in [2.05, 4.69) is 10.4 Å². The lowest BCUT2D eigenvalue weighted by molar-refractivity contribution is 0.0920. The molecule has 0 aliphatic heterocycles. The SMILES string of the molecule is Cn1nc(C(=O)NC(CN)C2CCCC2)c2ccccc21. The lowest BCUT2D eigenvalue weighted by Gasteiger charge is -2.22. The van der Waals surface area contributed by atoms with Gasteiger partial charge in [-0.05, 0) is 24.8 Å². The van der Waals surface area contributed by atoms with E-state index in [9.17, 15) is 4.79 Å². The molecular formula is C16H22N4O. The van der Waals surface area contributed by atoms with Crippen LogP contribution >= 0.6 is 0 Å². The van der Waals surface area contributed by atoms with Gasteiger partial charge in [-0.25, -0.2) is 0 Å². The van der Waals surface area contributed by atoms with Gasteiger partial charge in [0.15, 0.2) is 5.69 Å². The molecule has 0 bridgehead atoms. The van der Waals surface area contributed by atoms with E-state index in [0.717, 1.165) is 23.7 Å². The first kappa shape index (κ1) is 14.1. The number of fused-ring (bicyclic) bond motifs is 1. The van der Waals surface area contributed by atoms with Crippen LogP contribution in [-0.2, 0) is 7.05 Å². The van der Waals surface area contributed by atoms with Crippen molar-refractivity contribution in [3.8, 4) is 0 Å². The predicted molar refractivity (Wildman–Crippen MR) is 83.0 cm³/mol. The van der Waals surface area contributed by atoms with Gasteiger partial charge in [0.05, 0.1) is 5.52 Å². The van der Waals surface area contributed by atoms with E-state index in [-0.39, 0.29) is 11.9 Å². The molecule has 3 N–H and O–H groups in total. The van der Waals surface area contributed by atoms with Crippen molar-refractivity contribution in [2.24, 2.45) is 18.7 Å². The van der Waals surface area contributed by atoms with Crippen molar-refractivity contribution >= 4 is 16.8 Å². The lowest BCUT2D eigenvalue weighted by atomic mass is 9.98. The number of nitrogens with one attached hydrogen (secondary N) is 1. The summed E-state index contributed by atoms with van der Waals surface area (Å²) in [4.78, 5) is 12.6. The molecule has 21 heavy (non-hydrogen) atoms. The van der Waals surface area contributed by atoms with E-state index >= 15 is 0 Å². The van der Waals surface area contributed by atoms with Gasteiger partial charge >= 0.3 is 0 Å². The van der Waals surface area contributed by atoms with E-state index in [1.165, 1.54) is 12.8 Å². The van der Waals surface area contributed by atoms with Crippen LogP contribution in [0.4, 0.5) is 0 Å². The molecule has 112 valence electrons. The molecule has 1 amide bonds. The minimum atomic E-state index is -0.117. The molecule has 1 atom stereocenters. The highest BCUT2D eigenvalue weighted by Crippen LogP contribution is 2.27. The number of rotatable bonds is 4. The molecule has 0 radical (unpaired) electrons. The zero-order chi connectivity index (χ0) is 14.8. The van der Waals surface area contributed by atoms with Gasteiger partial charge in [-0.2, -0.15) is 5.10 Å². The Morgan fingerprint density at radius 1 is 1.43 bits per heavy atom. The van der Waals surface area contributed by atoms with E-state index in [0.29, 0.717) is 18.2 Å². The van der Waals surface area contributed by atoms with Crippen LogP contribution in [-0.4, -0.2) is 28.3 Å². The summed E-state index contributed by atoms with van der Waals surface area (Å²) in [5.41, 5.74) is 7.31. The Morgan fingerprint density at radius 3 is 2.86 bits per heavy atom. The van der Waals surface area contributed by atoms with Crippen LogP contribution in [0.25, 0.3) is 10.9 Å². The molecule has 5 nitrogen and oxygen atoms in total. The third kappa shape index (κ3) is 2.65. The zero-order valence-electron chi connectivity index (χ0n) is 12.4. The standard InChI is InChI=1S/C16H22N4O/c1-20-14-9-5-4-8-12(14)15(19-20)16(21)18-13(10-17)11-6-2-3-7-11/h4-5,8-9,11,13H,2-3,6-7,10,17H2,1H3,(H,18,21). The Kier molecular flexibility index (Phi) is 3.92. The maximum atomic E-state index is 12.6. The summed E-state index contributed by atoms with van der Waals surface area (Å²) in [7, 11) is 1.86. The number of aromatic nitrogens is 2. The van der Waals surface area contributed by atoms with Crippen LogP contribution in [0, 0.1) is 5.92 Å². The van der Waals surface area contributed by atoms with Crippen LogP contribution in [0.1, 0.15) is 36.2 Å². The summed E-state index contributed by atoms with van der Waals surface area (Å²) in [6.07, 6.45) is 4.79. The topological polar surface area (TPSA) is 72.9 Å². The van der Waals surface area contributed by atoms with Crippen LogP contribution < -0.4 is 11.1 Å². The van der Waals surface area contributed by atoms with Gasteiger partial charge in [-0.1, -0.05) is 31.0 Å². The molecule has 5 heteroatoms. The molecule has 1 unspecified atom stereocenters. The number of nitrogens with two attached hydrogens (primary N) is 1. The Balaban J connectivity index is 1.83. The van der Waals surface area contributed by atoms with Gasteiger partial charge in [0.2, 0.25) is 0 Å². The third-order valence-corrected chi connectivity index (χ3v) is 4.51. The molecule has 1 aromatic heterocycles. The molecule has 2 aromatic rings. The Hall–Kier alpha value is -1.88. The number of carbonyl (C=O) groups is 1. The number of aryl methyl sites for hydroxylation is 1. The Bertz CT molecular complexity index is 643. The van der Waals surface area contributed by atoms with Gasteiger partial charge in [0.25, 0.3) is 5.91 Å². The molecule has 0 spiro atoms. The highest BCUT2D eigenvalue weighted by Gasteiger charge is 2.27. The van der Waals surface area contributed by atoms with Crippen molar-refractivity contribution in [1.29, 1.82) is 0 Å². The van der Waals surface area contributed by atoms with E-state index in [1.807, 2.05) is 31.3 Å². The molecule has 1 aliphatic rings. The van der Waals surface area contributed by atoms with Crippen molar-refractivity contribution in [3.05, 3.63) is 30.0 Å². The fourth-order valence-electron chi connectivity index (χ4n) is 3.35. The Labute approximate surface area is 124 Å². The minimum absolute atomic E-state index is 0.0563. The monoisotopic (exact) mass is 286 g/mol. The summed E-state index contributed by atoms with van der Waals surface area (Å²) in [6.45, 7) is 0.487. The first-order valence-corrected chi connectivity index (χ1v) is 7.63. The summed E-state index contributed by atoms with van der Waals surface area (Å²) in [5.74, 6) is 0.392. The molecule has 3 rings (SSSR count). The maximum absolute atomic E-state index is 12.6. The second-order valence-corrected chi connectivity index (χ2v) is 5.85. The maximum Gasteiger partial charge on any atom is 0.272 e. The molecule has 0 saturated heterocycles. The van der Waals surface area contributed by atoms with Crippen LogP contribution in [0.3, 0.4) is 0 Å². The van der Waals surface area contributed by atoms with Crippen LogP contribution in [0.2, 0.25) is 0 Å². The smallest absolute Gasteiger partial charge is 0.272 e. The fourth-order valence-corrected chi connectivity index (χ4v) is 3.35. The summed E-state index contributed by atoms with van der Waals surface area (Å²) in [6, 6.07) is 7.84. The minimum Gasteiger partial charge on any atom is -0.346 e. The number of hydrogen-bond acceptors (Lipinski definition) is 3. The van der Waals surface area contributed by atoms with Gasteiger partial charge < -0.3 is 11.1 Å². The summed E-state index contributed by atoms with van der Waals surface area (Å²) in [5, 5.41) is 8.35. The van der Waals surface area contributed by atoms with Crippen molar-refractivity contribution in [1.82, 2.24) is 15.1 Å². The summed E-state index contributed by atoms with van der Waals surface area (Å²) < 4.78 is 1.75.